The first-order chi connectivity index (χ1) is 12.2. The molecule has 1 N–H and O–H groups in total. The lowest BCUT2D eigenvalue weighted by atomic mass is 9.73. The molecule has 0 amide bonds. The van der Waals surface area contributed by atoms with Gasteiger partial charge in [0, 0.05) is 31.5 Å². The van der Waals surface area contributed by atoms with Crippen LogP contribution in [-0.4, -0.2) is 47.6 Å². The highest BCUT2D eigenvalue weighted by atomic mass is 16.7. The predicted molar refractivity (Wildman–Crippen MR) is 88.4 cm³/mol. The van der Waals surface area contributed by atoms with Gasteiger partial charge in [0.1, 0.15) is 12.2 Å². The van der Waals surface area contributed by atoms with Crippen molar-refractivity contribution < 1.29 is 24.1 Å². The smallest absolute Gasteiger partial charge is 0.305 e. The van der Waals surface area contributed by atoms with Gasteiger partial charge in [-0.2, -0.15) is 0 Å². The molecule has 1 fully saturated rings. The van der Waals surface area contributed by atoms with E-state index in [4.69, 9.17) is 14.2 Å². The van der Waals surface area contributed by atoms with Crippen molar-refractivity contribution in [3.63, 3.8) is 0 Å². The summed E-state index contributed by atoms with van der Waals surface area (Å²) in [6.07, 6.45) is 1.80. The van der Waals surface area contributed by atoms with Crippen LogP contribution in [0.25, 0.3) is 0 Å². The summed E-state index contributed by atoms with van der Waals surface area (Å²) in [7, 11) is 0. The number of esters is 1. The van der Waals surface area contributed by atoms with Crippen molar-refractivity contribution in [3.05, 3.63) is 34.9 Å². The maximum absolute atomic E-state index is 12.0. The highest BCUT2D eigenvalue weighted by Gasteiger charge is 2.50. The Balaban J connectivity index is 1.63. The van der Waals surface area contributed by atoms with E-state index in [-0.39, 0.29) is 24.7 Å². The predicted octanol–water partition coefficient (Wildman–Crippen LogP) is 1.71. The molecule has 1 aliphatic carbocycles. The summed E-state index contributed by atoms with van der Waals surface area (Å²) >= 11 is 0. The van der Waals surface area contributed by atoms with Crippen LogP contribution < -0.4 is 9.47 Å². The van der Waals surface area contributed by atoms with E-state index in [1.54, 1.807) is 6.92 Å². The number of carbonyl (C=O) groups excluding carboxylic acids is 1. The SMILES string of the molecule is CCC(=O)O[C@H]1[C@H]2c3cc4c(cc3CN3CCC(=C[C@@H]1O)[C@H]23)OCO4. The second-order valence-corrected chi connectivity index (χ2v) is 7.14. The second-order valence-electron chi connectivity index (χ2n) is 7.14. The molecule has 132 valence electrons. The Labute approximate surface area is 146 Å². The molecule has 0 spiro atoms. The molecule has 3 aliphatic heterocycles. The largest absolute Gasteiger partial charge is 0.459 e. The van der Waals surface area contributed by atoms with Crippen LogP contribution in [0.3, 0.4) is 0 Å². The maximum atomic E-state index is 12.0. The van der Waals surface area contributed by atoms with Crippen molar-refractivity contribution in [2.24, 2.45) is 0 Å². The van der Waals surface area contributed by atoms with E-state index in [2.05, 4.69) is 4.90 Å². The molecular formula is C19H21NO5. The van der Waals surface area contributed by atoms with Crippen LogP contribution in [0.5, 0.6) is 11.5 Å². The van der Waals surface area contributed by atoms with Crippen LogP contribution in [0.2, 0.25) is 0 Å². The highest BCUT2D eigenvalue weighted by Crippen LogP contribution is 2.50. The van der Waals surface area contributed by atoms with Crippen LogP contribution >= 0.6 is 0 Å². The van der Waals surface area contributed by atoms with E-state index in [0.717, 1.165) is 36.6 Å². The number of hydrogen-bond donors (Lipinski definition) is 1. The number of rotatable bonds is 2. The monoisotopic (exact) mass is 343 g/mol. The first-order valence-corrected chi connectivity index (χ1v) is 8.90. The zero-order chi connectivity index (χ0) is 17.1. The van der Waals surface area contributed by atoms with E-state index < -0.39 is 12.2 Å². The molecule has 6 heteroatoms. The van der Waals surface area contributed by atoms with Crippen molar-refractivity contribution in [3.8, 4) is 11.5 Å². The number of aliphatic hydroxyl groups excluding tert-OH is 1. The quantitative estimate of drug-likeness (QED) is 0.651. The summed E-state index contributed by atoms with van der Waals surface area (Å²) in [6.45, 7) is 3.81. The highest BCUT2D eigenvalue weighted by molar-refractivity contribution is 5.69. The van der Waals surface area contributed by atoms with Crippen molar-refractivity contribution >= 4 is 5.97 Å². The first-order valence-electron chi connectivity index (χ1n) is 8.90. The van der Waals surface area contributed by atoms with E-state index in [9.17, 15) is 9.90 Å². The molecule has 4 atom stereocenters. The average molecular weight is 343 g/mol. The minimum atomic E-state index is -0.775. The van der Waals surface area contributed by atoms with Gasteiger partial charge in [-0.1, -0.05) is 18.6 Å². The zero-order valence-corrected chi connectivity index (χ0v) is 14.1. The van der Waals surface area contributed by atoms with Crippen molar-refractivity contribution in [2.75, 3.05) is 13.3 Å². The van der Waals surface area contributed by atoms with E-state index >= 15 is 0 Å². The number of nitrogens with zero attached hydrogens (tertiary/aromatic N) is 1. The Bertz CT molecular complexity index is 773. The van der Waals surface area contributed by atoms with E-state index in [1.165, 1.54) is 11.1 Å². The van der Waals surface area contributed by atoms with Gasteiger partial charge in [0.25, 0.3) is 0 Å². The Morgan fingerprint density at radius 1 is 1.36 bits per heavy atom. The number of carbonyl (C=O) groups is 1. The Morgan fingerprint density at radius 3 is 2.96 bits per heavy atom. The van der Waals surface area contributed by atoms with Crippen molar-refractivity contribution in [1.82, 2.24) is 4.90 Å². The molecule has 1 saturated heterocycles. The molecule has 0 aromatic heterocycles. The molecule has 0 bridgehead atoms. The number of aliphatic hydroxyl groups is 1. The second kappa shape index (κ2) is 5.47. The molecule has 6 nitrogen and oxygen atoms in total. The van der Waals surface area contributed by atoms with Crippen LogP contribution in [-0.2, 0) is 16.1 Å². The summed E-state index contributed by atoms with van der Waals surface area (Å²) in [6, 6.07) is 4.24. The van der Waals surface area contributed by atoms with Gasteiger partial charge in [-0.05, 0) is 29.7 Å². The fourth-order valence-corrected chi connectivity index (χ4v) is 4.71. The normalized spacial score (nSPS) is 32.0. The van der Waals surface area contributed by atoms with Crippen LogP contribution in [0.4, 0.5) is 0 Å². The maximum Gasteiger partial charge on any atom is 0.305 e. The lowest BCUT2D eigenvalue weighted by Gasteiger charge is -2.45. The van der Waals surface area contributed by atoms with Crippen LogP contribution in [0.1, 0.15) is 36.8 Å². The van der Waals surface area contributed by atoms with Crippen LogP contribution in [0, 0.1) is 0 Å². The summed E-state index contributed by atoms with van der Waals surface area (Å²) in [5, 5.41) is 10.7. The fourth-order valence-electron chi connectivity index (χ4n) is 4.71. The van der Waals surface area contributed by atoms with Crippen molar-refractivity contribution in [2.45, 2.75) is 50.5 Å². The van der Waals surface area contributed by atoms with E-state index in [0.29, 0.717) is 6.42 Å². The summed E-state index contributed by atoms with van der Waals surface area (Å²) in [5.41, 5.74) is 3.52. The lowest BCUT2D eigenvalue weighted by Crippen LogP contribution is -2.51. The molecule has 5 rings (SSSR count). The topological polar surface area (TPSA) is 68.2 Å². The fraction of sp³-hybridized carbons (Fsp3) is 0.526. The van der Waals surface area contributed by atoms with Gasteiger partial charge in [-0.3, -0.25) is 9.69 Å². The first kappa shape index (κ1) is 15.2. The Morgan fingerprint density at radius 2 is 2.16 bits per heavy atom. The van der Waals surface area contributed by atoms with Gasteiger partial charge < -0.3 is 19.3 Å². The van der Waals surface area contributed by atoms with Gasteiger partial charge in [0.05, 0.1) is 0 Å². The Hall–Kier alpha value is -2.05. The zero-order valence-electron chi connectivity index (χ0n) is 14.1. The van der Waals surface area contributed by atoms with Crippen molar-refractivity contribution in [1.29, 1.82) is 0 Å². The lowest BCUT2D eigenvalue weighted by molar-refractivity contribution is -0.156. The minimum Gasteiger partial charge on any atom is -0.459 e. The molecule has 0 unspecified atom stereocenters. The van der Waals surface area contributed by atoms with Gasteiger partial charge in [-0.25, -0.2) is 0 Å². The summed E-state index contributed by atoms with van der Waals surface area (Å²) < 4.78 is 16.8. The van der Waals surface area contributed by atoms with Gasteiger partial charge in [-0.15, -0.1) is 0 Å². The minimum absolute atomic E-state index is 0.0775. The molecule has 1 aromatic carbocycles. The van der Waals surface area contributed by atoms with Gasteiger partial charge in [0.15, 0.2) is 11.5 Å². The third kappa shape index (κ3) is 2.20. The third-order valence-corrected chi connectivity index (χ3v) is 5.80. The van der Waals surface area contributed by atoms with Gasteiger partial charge in [0.2, 0.25) is 6.79 Å². The molecule has 3 heterocycles. The molecule has 4 aliphatic rings. The number of fused-ring (bicyclic) bond motifs is 3. The standard InChI is InChI=1S/C19H21NO5/c1-2-16(22)25-19-13(21)5-10-3-4-20-8-11-6-14-15(24-9-23-14)7-12(11)17(19)18(10)20/h5-7,13,17-19,21H,2-4,8-9H2,1H3/t13-,17-,18+,19+/m0/s1. The molecule has 25 heavy (non-hydrogen) atoms. The van der Waals surface area contributed by atoms with Crippen LogP contribution in [0.15, 0.2) is 23.8 Å². The van der Waals surface area contributed by atoms with Gasteiger partial charge >= 0.3 is 5.97 Å². The molecule has 1 aromatic rings. The molecule has 0 saturated carbocycles. The summed E-state index contributed by atoms with van der Waals surface area (Å²) in [5.74, 6) is 1.14. The average Bonchev–Trinajstić information content (AvgIpc) is 3.22. The molecular weight excluding hydrogens is 322 g/mol. The number of hydrogen-bond acceptors (Lipinski definition) is 6. The Kier molecular flexibility index (Phi) is 3.33. The number of ether oxygens (including phenoxy) is 3. The molecule has 0 radical (unpaired) electrons. The summed E-state index contributed by atoms with van der Waals surface area (Å²) in [4.78, 5) is 14.4. The number of benzene rings is 1. The van der Waals surface area contributed by atoms with E-state index in [1.807, 2.05) is 18.2 Å². The third-order valence-electron chi connectivity index (χ3n) is 5.80.